The summed E-state index contributed by atoms with van der Waals surface area (Å²) < 4.78 is 14.4. The highest BCUT2D eigenvalue weighted by Crippen LogP contribution is 2.43. The van der Waals surface area contributed by atoms with Crippen molar-refractivity contribution < 1.29 is 4.39 Å². The Bertz CT molecular complexity index is 924. The number of hydrogen-bond acceptors (Lipinski definition) is 1. The third kappa shape index (κ3) is 1.74. The van der Waals surface area contributed by atoms with Gasteiger partial charge in [-0.2, -0.15) is 0 Å². The van der Waals surface area contributed by atoms with E-state index in [1.165, 1.54) is 0 Å². The predicted molar refractivity (Wildman–Crippen MR) is 84.1 cm³/mol. The van der Waals surface area contributed by atoms with Crippen molar-refractivity contribution >= 4 is 5.69 Å². The minimum absolute atomic E-state index is 0.0888. The summed E-state index contributed by atoms with van der Waals surface area (Å²) in [5, 5.41) is 0. The summed E-state index contributed by atoms with van der Waals surface area (Å²) in [5.74, 6) is -0.393. The van der Waals surface area contributed by atoms with E-state index in [-0.39, 0.29) is 5.69 Å². The van der Waals surface area contributed by atoms with Gasteiger partial charge < -0.3 is 0 Å². The zero-order chi connectivity index (χ0) is 15.1. The Labute approximate surface area is 127 Å². The van der Waals surface area contributed by atoms with Gasteiger partial charge >= 0.3 is 0 Å². The lowest BCUT2D eigenvalue weighted by molar-refractivity contribution is 0.622. The molecule has 3 aromatic rings. The minimum atomic E-state index is -0.393. The molecule has 0 fully saturated rings. The molecule has 1 aromatic heterocycles. The quantitative estimate of drug-likeness (QED) is 0.450. The van der Waals surface area contributed by atoms with E-state index >= 15 is 0 Å². The molecule has 2 nitrogen and oxygen atoms in total. The van der Waals surface area contributed by atoms with Gasteiger partial charge in [0.25, 0.3) is 0 Å². The molecule has 0 saturated heterocycles. The summed E-state index contributed by atoms with van der Waals surface area (Å²) in [5.41, 5.74) is 5.62. The van der Waals surface area contributed by atoms with Gasteiger partial charge in [0.2, 0.25) is 5.69 Å². The number of nitrogens with zero attached hydrogens (tertiary/aromatic N) is 2. The lowest BCUT2D eigenvalue weighted by atomic mass is 9.99. The van der Waals surface area contributed by atoms with Crippen LogP contribution in [0.4, 0.5) is 10.1 Å². The molecule has 4 rings (SSSR count). The summed E-state index contributed by atoms with van der Waals surface area (Å²) in [4.78, 5) is 7.66. The van der Waals surface area contributed by atoms with E-state index in [2.05, 4.69) is 9.83 Å². The van der Waals surface area contributed by atoms with Gasteiger partial charge in [0.15, 0.2) is 0 Å². The monoisotopic (exact) mass is 286 g/mol. The van der Waals surface area contributed by atoms with Gasteiger partial charge in [0.1, 0.15) is 5.82 Å². The lowest BCUT2D eigenvalue weighted by Crippen LogP contribution is -1.91. The molecule has 2 aromatic carbocycles. The highest BCUT2D eigenvalue weighted by molar-refractivity contribution is 5.85. The van der Waals surface area contributed by atoms with Crippen LogP contribution in [0.2, 0.25) is 0 Å². The smallest absolute Gasteiger partial charge is 0.222 e. The molecule has 0 amide bonds. The Morgan fingerprint density at radius 3 is 2.50 bits per heavy atom. The largest absolute Gasteiger partial charge is 0.256 e. The summed E-state index contributed by atoms with van der Waals surface area (Å²) in [6.45, 7) is 7.06. The molecule has 104 valence electrons. The van der Waals surface area contributed by atoms with Crippen molar-refractivity contribution in [1.29, 1.82) is 0 Å². The summed E-state index contributed by atoms with van der Waals surface area (Å²) in [7, 11) is 0. The number of halogens is 1. The zero-order valence-electron chi connectivity index (χ0n) is 11.7. The zero-order valence-corrected chi connectivity index (χ0v) is 11.7. The molecular weight excluding hydrogens is 275 g/mol. The van der Waals surface area contributed by atoms with Gasteiger partial charge in [-0.3, -0.25) is 4.98 Å². The maximum absolute atomic E-state index is 14.4. The van der Waals surface area contributed by atoms with E-state index in [1.807, 2.05) is 42.5 Å². The van der Waals surface area contributed by atoms with Crippen molar-refractivity contribution in [1.82, 2.24) is 4.98 Å². The molecule has 3 heteroatoms. The molecule has 0 radical (unpaired) electrons. The van der Waals surface area contributed by atoms with E-state index in [0.29, 0.717) is 12.0 Å². The van der Waals surface area contributed by atoms with Crippen LogP contribution in [-0.4, -0.2) is 4.98 Å². The van der Waals surface area contributed by atoms with Crippen LogP contribution in [0.1, 0.15) is 11.1 Å². The first-order valence-corrected chi connectivity index (χ1v) is 7.02. The number of pyridine rings is 1. The Morgan fingerprint density at radius 1 is 0.909 bits per heavy atom. The third-order valence-corrected chi connectivity index (χ3v) is 4.10. The van der Waals surface area contributed by atoms with Gasteiger partial charge in [-0.25, -0.2) is 9.24 Å². The van der Waals surface area contributed by atoms with Crippen molar-refractivity contribution in [3.63, 3.8) is 0 Å². The molecule has 0 aliphatic heterocycles. The Hall–Kier alpha value is -2.99. The first kappa shape index (κ1) is 12.7. The Balaban J connectivity index is 1.94. The Morgan fingerprint density at radius 2 is 1.73 bits per heavy atom. The molecule has 1 heterocycles. The average Bonchev–Trinajstić information content (AvgIpc) is 2.96. The predicted octanol–water partition coefficient (Wildman–Crippen LogP) is 5.01. The molecule has 22 heavy (non-hydrogen) atoms. The summed E-state index contributed by atoms with van der Waals surface area (Å²) in [6.07, 6.45) is 2.26. The first-order chi connectivity index (χ1) is 10.8. The SMILES string of the molecule is [C-]#[N+]c1ccc2c(c1F)Cc1c(-c3ccccn3)cccc1-2. The second-order valence-electron chi connectivity index (χ2n) is 5.26. The van der Waals surface area contributed by atoms with Crippen LogP contribution < -0.4 is 0 Å². The van der Waals surface area contributed by atoms with E-state index in [9.17, 15) is 4.39 Å². The molecule has 0 unspecified atom stereocenters. The van der Waals surface area contributed by atoms with E-state index < -0.39 is 5.82 Å². The van der Waals surface area contributed by atoms with E-state index in [4.69, 9.17) is 6.57 Å². The van der Waals surface area contributed by atoms with Gasteiger partial charge in [-0.1, -0.05) is 36.4 Å². The van der Waals surface area contributed by atoms with Crippen molar-refractivity contribution in [2.75, 3.05) is 0 Å². The van der Waals surface area contributed by atoms with Gasteiger partial charge in [0, 0.05) is 18.2 Å². The molecule has 0 saturated carbocycles. The van der Waals surface area contributed by atoms with Crippen LogP contribution in [0, 0.1) is 12.4 Å². The number of rotatable bonds is 1. The van der Waals surface area contributed by atoms with Crippen LogP contribution in [0.3, 0.4) is 0 Å². The maximum Gasteiger partial charge on any atom is 0.222 e. The molecule has 1 aliphatic rings. The molecule has 0 N–H and O–H groups in total. The van der Waals surface area contributed by atoms with E-state index in [1.54, 1.807) is 12.3 Å². The molecule has 0 spiro atoms. The highest BCUT2D eigenvalue weighted by Gasteiger charge is 2.25. The lowest BCUT2D eigenvalue weighted by Gasteiger charge is -2.07. The Kier molecular flexibility index (Phi) is 2.77. The van der Waals surface area contributed by atoms with Crippen molar-refractivity contribution in [2.24, 2.45) is 0 Å². The fourth-order valence-electron chi connectivity index (χ4n) is 3.09. The number of fused-ring (bicyclic) bond motifs is 3. The number of aromatic nitrogens is 1. The standard InChI is InChI=1S/C19H11FN2/c1-21-18-9-8-13-12-5-4-6-14(17-7-2-3-10-22-17)15(12)11-16(13)19(18)20/h2-10H,11H2. The van der Waals surface area contributed by atoms with Crippen LogP contribution in [0.15, 0.2) is 54.7 Å². The normalized spacial score (nSPS) is 11.6. The van der Waals surface area contributed by atoms with Crippen molar-refractivity contribution in [3.05, 3.63) is 83.1 Å². The molecular formula is C19H11FN2. The van der Waals surface area contributed by atoms with Gasteiger partial charge in [0.05, 0.1) is 12.3 Å². The molecule has 0 atom stereocenters. The maximum atomic E-state index is 14.4. The van der Waals surface area contributed by atoms with Crippen molar-refractivity contribution in [2.45, 2.75) is 6.42 Å². The van der Waals surface area contributed by atoms with E-state index in [0.717, 1.165) is 27.9 Å². The molecule has 1 aliphatic carbocycles. The first-order valence-electron chi connectivity index (χ1n) is 7.02. The second kappa shape index (κ2) is 4.78. The molecule has 0 bridgehead atoms. The fourth-order valence-corrected chi connectivity index (χ4v) is 3.09. The topological polar surface area (TPSA) is 17.2 Å². The highest BCUT2D eigenvalue weighted by atomic mass is 19.1. The third-order valence-electron chi connectivity index (χ3n) is 4.10. The van der Waals surface area contributed by atoms with Crippen LogP contribution in [0.5, 0.6) is 0 Å². The summed E-state index contributed by atoms with van der Waals surface area (Å²) in [6, 6.07) is 15.2. The van der Waals surface area contributed by atoms with Gasteiger partial charge in [-0.05, 0) is 34.4 Å². The second-order valence-corrected chi connectivity index (χ2v) is 5.26. The average molecular weight is 286 g/mol. The van der Waals surface area contributed by atoms with Crippen LogP contribution in [-0.2, 0) is 6.42 Å². The summed E-state index contributed by atoms with van der Waals surface area (Å²) >= 11 is 0. The minimum Gasteiger partial charge on any atom is -0.256 e. The fraction of sp³-hybridized carbons (Fsp3) is 0.0526. The van der Waals surface area contributed by atoms with Crippen LogP contribution in [0.25, 0.3) is 27.2 Å². The number of benzene rings is 2. The van der Waals surface area contributed by atoms with Crippen LogP contribution >= 0.6 is 0 Å². The number of hydrogen-bond donors (Lipinski definition) is 0. The van der Waals surface area contributed by atoms with Gasteiger partial charge in [-0.15, -0.1) is 0 Å². The van der Waals surface area contributed by atoms with Crippen molar-refractivity contribution in [3.8, 4) is 22.4 Å².